The number of carbonyl (C=O) groups is 1. The summed E-state index contributed by atoms with van der Waals surface area (Å²) in [5.41, 5.74) is 1.76. The highest BCUT2D eigenvalue weighted by Gasteiger charge is 2.09. The molecule has 3 rings (SSSR count). The quantitative estimate of drug-likeness (QED) is 0.799. The Labute approximate surface area is 133 Å². The second-order valence-corrected chi connectivity index (χ2v) is 4.81. The van der Waals surface area contributed by atoms with Gasteiger partial charge < -0.3 is 5.32 Å². The Morgan fingerprint density at radius 2 is 2.13 bits per heavy atom. The number of carbonyl (C=O) groups excluding carboxylic acids is 1. The molecule has 112 valence electrons. The molecule has 2 heterocycles. The van der Waals surface area contributed by atoms with E-state index in [1.54, 1.807) is 47.5 Å². The van der Waals surface area contributed by atoms with E-state index >= 15 is 0 Å². The fourth-order valence-corrected chi connectivity index (χ4v) is 2.18. The SMILES string of the molecule is N#Cc1cccc(C(=O)NCc2cccnc2-n2cccn2)c1. The van der Waals surface area contributed by atoms with Gasteiger partial charge in [-0.15, -0.1) is 0 Å². The molecule has 2 aromatic heterocycles. The van der Waals surface area contributed by atoms with Gasteiger partial charge in [0, 0.05) is 36.3 Å². The van der Waals surface area contributed by atoms with Crippen LogP contribution in [0.5, 0.6) is 0 Å². The number of nitriles is 1. The predicted molar refractivity (Wildman–Crippen MR) is 83.7 cm³/mol. The van der Waals surface area contributed by atoms with Crippen molar-refractivity contribution >= 4 is 5.91 Å². The van der Waals surface area contributed by atoms with Crippen molar-refractivity contribution < 1.29 is 4.79 Å². The summed E-state index contributed by atoms with van der Waals surface area (Å²) in [6.07, 6.45) is 5.15. The van der Waals surface area contributed by atoms with E-state index in [1.165, 1.54) is 0 Å². The highest BCUT2D eigenvalue weighted by atomic mass is 16.1. The van der Waals surface area contributed by atoms with Crippen molar-refractivity contribution in [2.45, 2.75) is 6.54 Å². The summed E-state index contributed by atoms with van der Waals surface area (Å²) in [6, 6.07) is 14.1. The average molecular weight is 303 g/mol. The maximum Gasteiger partial charge on any atom is 0.251 e. The Morgan fingerprint density at radius 3 is 2.91 bits per heavy atom. The van der Waals surface area contributed by atoms with Crippen LogP contribution in [-0.2, 0) is 6.54 Å². The summed E-state index contributed by atoms with van der Waals surface area (Å²) in [4.78, 5) is 16.5. The van der Waals surface area contributed by atoms with Crippen molar-refractivity contribution in [2.24, 2.45) is 0 Å². The van der Waals surface area contributed by atoms with Gasteiger partial charge in [-0.3, -0.25) is 4.79 Å². The molecule has 6 nitrogen and oxygen atoms in total. The van der Waals surface area contributed by atoms with Crippen molar-refractivity contribution in [1.82, 2.24) is 20.1 Å². The van der Waals surface area contributed by atoms with E-state index in [-0.39, 0.29) is 5.91 Å². The Hall–Kier alpha value is -3.46. The van der Waals surface area contributed by atoms with Gasteiger partial charge in [-0.2, -0.15) is 10.4 Å². The summed E-state index contributed by atoms with van der Waals surface area (Å²) in [7, 11) is 0. The van der Waals surface area contributed by atoms with Gasteiger partial charge in [0.05, 0.1) is 11.6 Å². The Balaban J connectivity index is 1.76. The number of aromatic nitrogens is 3. The zero-order valence-corrected chi connectivity index (χ0v) is 12.2. The lowest BCUT2D eigenvalue weighted by molar-refractivity contribution is 0.0951. The van der Waals surface area contributed by atoms with Gasteiger partial charge in [0.2, 0.25) is 0 Å². The summed E-state index contributed by atoms with van der Waals surface area (Å²) >= 11 is 0. The summed E-state index contributed by atoms with van der Waals surface area (Å²) in [6.45, 7) is 0.318. The van der Waals surface area contributed by atoms with E-state index in [1.807, 2.05) is 24.3 Å². The predicted octanol–water partition coefficient (Wildman–Crippen LogP) is 2.07. The zero-order valence-electron chi connectivity index (χ0n) is 12.2. The van der Waals surface area contributed by atoms with Gasteiger partial charge in [0.15, 0.2) is 5.82 Å². The van der Waals surface area contributed by atoms with Gasteiger partial charge in [-0.25, -0.2) is 9.67 Å². The minimum atomic E-state index is -0.239. The van der Waals surface area contributed by atoms with Crippen molar-refractivity contribution in [1.29, 1.82) is 5.26 Å². The number of pyridine rings is 1. The normalized spacial score (nSPS) is 10.0. The highest BCUT2D eigenvalue weighted by molar-refractivity contribution is 5.94. The van der Waals surface area contributed by atoms with Gasteiger partial charge in [0.25, 0.3) is 5.91 Å². The fourth-order valence-electron chi connectivity index (χ4n) is 2.18. The number of hydrogen-bond donors (Lipinski definition) is 1. The third-order valence-electron chi connectivity index (χ3n) is 3.28. The van der Waals surface area contributed by atoms with Gasteiger partial charge in [0.1, 0.15) is 0 Å². The molecule has 0 bridgehead atoms. The molecule has 1 aromatic carbocycles. The lowest BCUT2D eigenvalue weighted by Gasteiger charge is -2.10. The molecule has 0 unspecified atom stereocenters. The Bertz CT molecular complexity index is 865. The van der Waals surface area contributed by atoms with Crippen LogP contribution in [0.2, 0.25) is 0 Å². The van der Waals surface area contributed by atoms with E-state index in [9.17, 15) is 4.79 Å². The number of amides is 1. The van der Waals surface area contributed by atoms with E-state index in [2.05, 4.69) is 15.4 Å². The Morgan fingerprint density at radius 1 is 1.22 bits per heavy atom. The number of benzene rings is 1. The Kier molecular flexibility index (Phi) is 4.11. The third kappa shape index (κ3) is 3.24. The minimum Gasteiger partial charge on any atom is -0.348 e. The minimum absolute atomic E-state index is 0.239. The largest absolute Gasteiger partial charge is 0.348 e. The standard InChI is InChI=1S/C17H13N5O/c18-11-13-4-1-5-14(10-13)17(23)20-12-15-6-2-7-19-16(15)22-9-3-8-21-22/h1-10H,12H2,(H,20,23). The third-order valence-corrected chi connectivity index (χ3v) is 3.28. The van der Waals surface area contributed by atoms with Crippen LogP contribution < -0.4 is 5.32 Å². The molecule has 0 spiro atoms. The molecule has 0 aliphatic rings. The smallest absolute Gasteiger partial charge is 0.251 e. The molecule has 23 heavy (non-hydrogen) atoms. The molecule has 0 fully saturated rings. The van der Waals surface area contributed by atoms with Crippen LogP contribution in [0.25, 0.3) is 5.82 Å². The van der Waals surface area contributed by atoms with Crippen molar-refractivity contribution in [3.05, 3.63) is 77.7 Å². The number of nitrogens with zero attached hydrogens (tertiary/aromatic N) is 4. The van der Waals surface area contributed by atoms with Crippen LogP contribution in [0.4, 0.5) is 0 Å². The first kappa shape index (κ1) is 14.5. The molecule has 1 N–H and O–H groups in total. The van der Waals surface area contributed by atoms with Crippen LogP contribution in [0.1, 0.15) is 21.5 Å². The van der Waals surface area contributed by atoms with Crippen molar-refractivity contribution in [3.63, 3.8) is 0 Å². The first-order valence-corrected chi connectivity index (χ1v) is 7.00. The first-order valence-electron chi connectivity index (χ1n) is 7.00. The maximum absolute atomic E-state index is 12.2. The number of nitrogens with one attached hydrogen (secondary N) is 1. The summed E-state index contributed by atoms with van der Waals surface area (Å²) in [5, 5.41) is 15.9. The lowest BCUT2D eigenvalue weighted by Crippen LogP contribution is -2.23. The van der Waals surface area contributed by atoms with E-state index < -0.39 is 0 Å². The van der Waals surface area contributed by atoms with Gasteiger partial charge >= 0.3 is 0 Å². The second-order valence-electron chi connectivity index (χ2n) is 4.81. The topological polar surface area (TPSA) is 83.6 Å². The molecule has 0 aliphatic heterocycles. The first-order chi connectivity index (χ1) is 11.3. The average Bonchev–Trinajstić information content (AvgIpc) is 3.14. The number of rotatable bonds is 4. The summed E-state index contributed by atoms with van der Waals surface area (Å²) < 4.78 is 1.65. The lowest BCUT2D eigenvalue weighted by atomic mass is 10.1. The fraction of sp³-hybridized carbons (Fsp3) is 0.0588. The second kappa shape index (κ2) is 6.54. The molecule has 0 saturated heterocycles. The molecule has 0 atom stereocenters. The van der Waals surface area contributed by atoms with Crippen LogP contribution in [0.15, 0.2) is 61.1 Å². The molecule has 6 heteroatoms. The molecule has 0 saturated carbocycles. The van der Waals surface area contributed by atoms with Crippen LogP contribution in [-0.4, -0.2) is 20.7 Å². The van der Waals surface area contributed by atoms with Crippen molar-refractivity contribution in [2.75, 3.05) is 0 Å². The van der Waals surface area contributed by atoms with Crippen LogP contribution >= 0.6 is 0 Å². The summed E-state index contributed by atoms with van der Waals surface area (Å²) in [5.74, 6) is 0.431. The van der Waals surface area contributed by atoms with Crippen LogP contribution in [0, 0.1) is 11.3 Å². The maximum atomic E-state index is 12.2. The molecule has 3 aromatic rings. The van der Waals surface area contributed by atoms with Gasteiger partial charge in [-0.1, -0.05) is 12.1 Å². The molecular weight excluding hydrogens is 290 g/mol. The van der Waals surface area contributed by atoms with Crippen LogP contribution in [0.3, 0.4) is 0 Å². The van der Waals surface area contributed by atoms with Gasteiger partial charge in [-0.05, 0) is 30.3 Å². The van der Waals surface area contributed by atoms with E-state index in [0.717, 1.165) is 5.56 Å². The molecule has 0 radical (unpaired) electrons. The zero-order chi connectivity index (χ0) is 16.1. The molecule has 1 amide bonds. The van der Waals surface area contributed by atoms with E-state index in [0.29, 0.717) is 23.5 Å². The van der Waals surface area contributed by atoms with Crippen molar-refractivity contribution in [3.8, 4) is 11.9 Å². The monoisotopic (exact) mass is 303 g/mol. The molecular formula is C17H13N5O. The number of hydrogen-bond acceptors (Lipinski definition) is 4. The highest BCUT2D eigenvalue weighted by Crippen LogP contribution is 2.10. The molecule has 0 aliphatic carbocycles. The van der Waals surface area contributed by atoms with E-state index in [4.69, 9.17) is 5.26 Å².